The number of methoxy groups -OCH3 is 1. The molecule has 0 heterocycles. The zero-order valence-electron chi connectivity index (χ0n) is 9.12. The maximum Gasteiger partial charge on any atom is 0.416 e. The van der Waals surface area contributed by atoms with Gasteiger partial charge >= 0.3 is 12.1 Å². The minimum Gasteiger partial charge on any atom is -0.463 e. The molecule has 1 aromatic rings. The molecule has 0 radical (unpaired) electrons. The summed E-state index contributed by atoms with van der Waals surface area (Å²) < 4.78 is 42.1. The van der Waals surface area contributed by atoms with Crippen molar-refractivity contribution in [3.8, 4) is 0 Å². The summed E-state index contributed by atoms with van der Waals surface area (Å²) in [4.78, 5) is 22.3. The summed E-state index contributed by atoms with van der Waals surface area (Å²) in [6.45, 7) is 0. The number of carbonyl (C=O) groups excluding carboxylic acids is 2. The van der Waals surface area contributed by atoms with Crippen LogP contribution in [0.5, 0.6) is 0 Å². The minimum absolute atomic E-state index is 0.470. The average molecular weight is 281 g/mol. The van der Waals surface area contributed by atoms with Gasteiger partial charge in [-0.3, -0.25) is 4.79 Å². The highest BCUT2D eigenvalue weighted by Crippen LogP contribution is 2.36. The molecule has 0 spiro atoms. The first-order valence-corrected chi connectivity index (χ1v) is 5.15. The minimum atomic E-state index is -4.65. The van der Waals surface area contributed by atoms with Crippen LogP contribution in [0.2, 0.25) is 0 Å². The highest BCUT2D eigenvalue weighted by atomic mass is 35.5. The van der Waals surface area contributed by atoms with Crippen molar-refractivity contribution in [2.45, 2.75) is 11.6 Å². The van der Waals surface area contributed by atoms with Crippen LogP contribution in [0.25, 0.3) is 0 Å². The molecule has 0 amide bonds. The molecule has 0 aliphatic carbocycles. The van der Waals surface area contributed by atoms with Gasteiger partial charge < -0.3 is 4.74 Å². The third-order valence-corrected chi connectivity index (χ3v) is 2.59. The van der Waals surface area contributed by atoms with Crippen LogP contribution < -0.4 is 0 Å². The van der Waals surface area contributed by atoms with Crippen LogP contribution in [0.4, 0.5) is 13.2 Å². The first-order chi connectivity index (χ1) is 8.29. The molecule has 0 aliphatic heterocycles. The number of alkyl halides is 4. The summed E-state index contributed by atoms with van der Waals surface area (Å²) in [5, 5.41) is -1.73. The van der Waals surface area contributed by atoms with Crippen molar-refractivity contribution in [1.29, 1.82) is 0 Å². The number of halogens is 4. The molecule has 0 fully saturated rings. The van der Waals surface area contributed by atoms with E-state index in [4.69, 9.17) is 11.6 Å². The van der Waals surface area contributed by atoms with Crippen LogP contribution in [-0.4, -0.2) is 18.9 Å². The van der Waals surface area contributed by atoms with E-state index in [0.717, 1.165) is 19.2 Å². The zero-order valence-corrected chi connectivity index (χ0v) is 9.88. The van der Waals surface area contributed by atoms with Crippen molar-refractivity contribution in [2.24, 2.45) is 0 Å². The Bertz CT molecular complexity index is 471. The normalized spacial score (nSPS) is 12.9. The second kappa shape index (κ2) is 5.39. The number of esters is 1. The molecule has 1 atom stereocenters. The standard InChI is InChI=1S/C11H8ClF3O3/c1-18-10(17)9(16)8(12)6-4-2-3-5-7(6)11(13,14)15/h2-5,8H,1H3/t8-/m0/s1. The Kier molecular flexibility index (Phi) is 4.34. The van der Waals surface area contributed by atoms with Gasteiger partial charge in [-0.05, 0) is 11.6 Å². The Morgan fingerprint density at radius 1 is 1.28 bits per heavy atom. The van der Waals surface area contributed by atoms with Gasteiger partial charge in [0.15, 0.2) is 0 Å². The number of hydrogen-bond donors (Lipinski definition) is 0. The second-order valence-corrected chi connectivity index (χ2v) is 3.74. The molecule has 0 bridgehead atoms. The lowest BCUT2D eigenvalue weighted by molar-refractivity contribution is -0.151. The van der Waals surface area contributed by atoms with E-state index < -0.39 is 34.4 Å². The summed E-state index contributed by atoms with van der Waals surface area (Å²) in [5.74, 6) is -2.53. The van der Waals surface area contributed by atoms with Crippen LogP contribution in [0.15, 0.2) is 24.3 Å². The van der Waals surface area contributed by atoms with Crippen molar-refractivity contribution in [2.75, 3.05) is 7.11 Å². The molecule has 0 N–H and O–H groups in total. The first-order valence-electron chi connectivity index (χ1n) is 4.71. The molecule has 0 saturated carbocycles. The van der Waals surface area contributed by atoms with Crippen molar-refractivity contribution >= 4 is 23.4 Å². The molecule has 0 aromatic heterocycles. The largest absolute Gasteiger partial charge is 0.463 e. The van der Waals surface area contributed by atoms with E-state index in [0.29, 0.717) is 0 Å². The van der Waals surface area contributed by atoms with Gasteiger partial charge in [0.25, 0.3) is 5.78 Å². The quantitative estimate of drug-likeness (QED) is 0.486. The summed E-state index contributed by atoms with van der Waals surface area (Å²) in [6.07, 6.45) is -4.65. The lowest BCUT2D eigenvalue weighted by Gasteiger charge is -2.15. The van der Waals surface area contributed by atoms with E-state index in [1.165, 1.54) is 12.1 Å². The van der Waals surface area contributed by atoms with Gasteiger partial charge in [0.1, 0.15) is 5.38 Å². The predicted octanol–water partition coefficient (Wildman–Crippen LogP) is 2.73. The van der Waals surface area contributed by atoms with E-state index >= 15 is 0 Å². The van der Waals surface area contributed by atoms with Crippen LogP contribution >= 0.6 is 11.6 Å². The predicted molar refractivity (Wildman–Crippen MR) is 57.1 cm³/mol. The zero-order chi connectivity index (χ0) is 13.9. The highest BCUT2D eigenvalue weighted by Gasteiger charge is 2.37. The van der Waals surface area contributed by atoms with E-state index in [9.17, 15) is 22.8 Å². The molecular weight excluding hydrogens is 273 g/mol. The fourth-order valence-corrected chi connectivity index (χ4v) is 1.60. The van der Waals surface area contributed by atoms with Gasteiger partial charge in [-0.1, -0.05) is 18.2 Å². The molecule has 18 heavy (non-hydrogen) atoms. The van der Waals surface area contributed by atoms with Crippen molar-refractivity contribution < 1.29 is 27.5 Å². The Hall–Kier alpha value is -1.56. The van der Waals surface area contributed by atoms with Crippen LogP contribution in [0.1, 0.15) is 16.5 Å². The maximum atomic E-state index is 12.7. The van der Waals surface area contributed by atoms with Crippen molar-refractivity contribution in [1.82, 2.24) is 0 Å². The van der Waals surface area contributed by atoms with Gasteiger partial charge in [0, 0.05) is 0 Å². The molecule has 0 aliphatic rings. The van der Waals surface area contributed by atoms with Crippen molar-refractivity contribution in [3.05, 3.63) is 35.4 Å². The number of hydrogen-bond acceptors (Lipinski definition) is 3. The summed E-state index contributed by atoms with van der Waals surface area (Å²) in [6, 6.07) is 4.29. The summed E-state index contributed by atoms with van der Waals surface area (Å²) in [7, 11) is 0.944. The molecule has 7 heteroatoms. The van der Waals surface area contributed by atoms with Gasteiger partial charge in [-0.15, -0.1) is 11.6 Å². The van der Waals surface area contributed by atoms with Crippen molar-refractivity contribution in [3.63, 3.8) is 0 Å². The molecule has 1 rings (SSSR count). The lowest BCUT2D eigenvalue weighted by Crippen LogP contribution is -2.22. The molecule has 0 unspecified atom stereocenters. The molecule has 98 valence electrons. The van der Waals surface area contributed by atoms with Gasteiger partial charge in [0.2, 0.25) is 0 Å². The number of carbonyl (C=O) groups is 2. The van der Waals surface area contributed by atoms with Crippen LogP contribution in [-0.2, 0) is 20.5 Å². The average Bonchev–Trinajstić information content (AvgIpc) is 2.35. The number of benzene rings is 1. The monoisotopic (exact) mass is 280 g/mol. The van der Waals surface area contributed by atoms with Gasteiger partial charge in [-0.2, -0.15) is 13.2 Å². The third kappa shape index (κ3) is 3.01. The molecule has 3 nitrogen and oxygen atoms in total. The topological polar surface area (TPSA) is 43.4 Å². The lowest BCUT2D eigenvalue weighted by atomic mass is 10.0. The number of Topliss-reactive ketones (excluding diaryl/α,β-unsaturated/α-hetero) is 1. The Morgan fingerprint density at radius 3 is 2.33 bits per heavy atom. The van der Waals surface area contributed by atoms with Crippen LogP contribution in [0.3, 0.4) is 0 Å². The molecule has 1 aromatic carbocycles. The summed E-state index contributed by atoms with van der Waals surface area (Å²) in [5.41, 5.74) is -1.52. The van der Waals surface area contributed by atoms with Gasteiger partial charge in [0.05, 0.1) is 12.7 Å². The smallest absolute Gasteiger partial charge is 0.416 e. The fourth-order valence-electron chi connectivity index (χ4n) is 1.32. The number of rotatable bonds is 3. The fraction of sp³-hybridized carbons (Fsp3) is 0.273. The third-order valence-electron chi connectivity index (χ3n) is 2.16. The SMILES string of the molecule is COC(=O)C(=O)[C@@H](Cl)c1ccccc1C(F)(F)F. The first kappa shape index (κ1) is 14.5. The molecule has 0 saturated heterocycles. The van der Waals surface area contributed by atoms with Gasteiger partial charge in [-0.25, -0.2) is 4.79 Å². The highest BCUT2D eigenvalue weighted by molar-refractivity contribution is 6.47. The van der Waals surface area contributed by atoms with E-state index in [-0.39, 0.29) is 0 Å². The number of ether oxygens (including phenoxy) is 1. The van der Waals surface area contributed by atoms with E-state index in [1.807, 2.05) is 0 Å². The van der Waals surface area contributed by atoms with Crippen LogP contribution in [0, 0.1) is 0 Å². The second-order valence-electron chi connectivity index (χ2n) is 3.30. The Morgan fingerprint density at radius 2 is 1.83 bits per heavy atom. The van der Waals surface area contributed by atoms with E-state index in [1.54, 1.807) is 0 Å². The molecular formula is C11H8ClF3O3. The maximum absolute atomic E-state index is 12.7. The summed E-state index contributed by atoms with van der Waals surface area (Å²) >= 11 is 5.59. The Balaban J connectivity index is 3.18. The number of ketones is 1. The Labute approximate surface area is 105 Å². The van der Waals surface area contributed by atoms with E-state index in [2.05, 4.69) is 4.74 Å².